The summed E-state index contributed by atoms with van der Waals surface area (Å²) in [5.74, 6) is 0.0305. The minimum Gasteiger partial charge on any atom is -0.358 e. The third-order valence-corrected chi connectivity index (χ3v) is 6.02. The zero-order valence-electron chi connectivity index (χ0n) is 12.1. The highest BCUT2D eigenvalue weighted by molar-refractivity contribution is 7.91. The molecule has 0 saturated carbocycles. The fourth-order valence-electron chi connectivity index (χ4n) is 2.93. The van der Waals surface area contributed by atoms with Gasteiger partial charge in [0.2, 0.25) is 5.91 Å². The number of carbonyl (C=O) groups is 1. The van der Waals surface area contributed by atoms with E-state index in [-0.39, 0.29) is 29.9 Å². The van der Waals surface area contributed by atoms with Crippen LogP contribution in [0.1, 0.15) is 17.7 Å². The Labute approximate surface area is 134 Å². The van der Waals surface area contributed by atoms with E-state index in [1.807, 2.05) is 19.1 Å². The van der Waals surface area contributed by atoms with Crippen LogP contribution < -0.4 is 5.32 Å². The third-order valence-electron chi connectivity index (χ3n) is 4.02. The minimum absolute atomic E-state index is 0.0391. The monoisotopic (exact) mass is 340 g/mol. The van der Waals surface area contributed by atoms with E-state index >= 15 is 0 Å². The molecule has 1 fully saturated rings. The van der Waals surface area contributed by atoms with E-state index in [0.29, 0.717) is 11.4 Å². The first-order chi connectivity index (χ1) is 10.3. The van der Waals surface area contributed by atoms with Gasteiger partial charge in [-0.25, -0.2) is 8.42 Å². The molecule has 118 valence electrons. The first kappa shape index (κ1) is 15.4. The van der Waals surface area contributed by atoms with Gasteiger partial charge in [0.15, 0.2) is 9.84 Å². The standard InChI is InChI=1S/C15H17ClN2O3S/c1-9-12(13-6-10(16)2-3-14(13)17-9)7-15(19)18-11-4-5-22(20,21)8-11/h2-3,6,11,17H,4-5,7-8H2,1H3,(H,18,19). The maximum absolute atomic E-state index is 12.2. The van der Waals surface area contributed by atoms with E-state index in [0.717, 1.165) is 22.2 Å². The number of nitrogens with one attached hydrogen (secondary N) is 2. The molecule has 3 rings (SSSR count). The zero-order valence-corrected chi connectivity index (χ0v) is 13.7. The van der Waals surface area contributed by atoms with Crippen LogP contribution in [-0.4, -0.2) is 36.9 Å². The number of aromatic amines is 1. The molecule has 0 spiro atoms. The summed E-state index contributed by atoms with van der Waals surface area (Å²) in [4.78, 5) is 15.4. The van der Waals surface area contributed by atoms with Crippen LogP contribution in [0.2, 0.25) is 5.02 Å². The van der Waals surface area contributed by atoms with Crippen molar-refractivity contribution in [3.05, 3.63) is 34.5 Å². The lowest BCUT2D eigenvalue weighted by Gasteiger charge is -2.11. The highest BCUT2D eigenvalue weighted by Gasteiger charge is 2.29. The minimum atomic E-state index is -2.99. The van der Waals surface area contributed by atoms with Gasteiger partial charge < -0.3 is 10.3 Å². The van der Waals surface area contributed by atoms with Gasteiger partial charge in [-0.2, -0.15) is 0 Å². The van der Waals surface area contributed by atoms with E-state index in [2.05, 4.69) is 10.3 Å². The van der Waals surface area contributed by atoms with Crippen molar-refractivity contribution in [1.82, 2.24) is 10.3 Å². The van der Waals surface area contributed by atoms with Gasteiger partial charge in [0.1, 0.15) is 0 Å². The molecule has 1 amide bonds. The highest BCUT2D eigenvalue weighted by Crippen LogP contribution is 2.25. The number of sulfone groups is 1. The topological polar surface area (TPSA) is 79.0 Å². The van der Waals surface area contributed by atoms with Gasteiger partial charge in [-0.3, -0.25) is 4.79 Å². The number of halogens is 1. The molecule has 2 aromatic rings. The van der Waals surface area contributed by atoms with Gasteiger partial charge >= 0.3 is 0 Å². The number of fused-ring (bicyclic) bond motifs is 1. The van der Waals surface area contributed by atoms with Gasteiger partial charge in [0, 0.05) is 27.7 Å². The van der Waals surface area contributed by atoms with E-state index in [9.17, 15) is 13.2 Å². The van der Waals surface area contributed by atoms with Gasteiger partial charge in [-0.05, 0) is 37.1 Å². The normalized spacial score (nSPS) is 20.4. The Morgan fingerprint density at radius 3 is 2.91 bits per heavy atom. The Hall–Kier alpha value is -1.53. The molecular formula is C15H17ClN2O3S. The van der Waals surface area contributed by atoms with E-state index < -0.39 is 9.84 Å². The molecule has 0 bridgehead atoms. The third kappa shape index (κ3) is 3.13. The maximum atomic E-state index is 12.2. The van der Waals surface area contributed by atoms with Crippen LogP contribution in [0.5, 0.6) is 0 Å². The average Bonchev–Trinajstić information content (AvgIpc) is 2.91. The Morgan fingerprint density at radius 2 is 2.23 bits per heavy atom. The predicted molar refractivity (Wildman–Crippen MR) is 87.0 cm³/mol. The number of benzene rings is 1. The molecule has 2 N–H and O–H groups in total. The number of aryl methyl sites for hydroxylation is 1. The average molecular weight is 341 g/mol. The number of rotatable bonds is 3. The molecular weight excluding hydrogens is 324 g/mol. The second-order valence-corrected chi connectivity index (χ2v) is 8.43. The smallest absolute Gasteiger partial charge is 0.224 e. The summed E-state index contributed by atoms with van der Waals surface area (Å²) in [5, 5.41) is 4.36. The Balaban J connectivity index is 1.77. The summed E-state index contributed by atoms with van der Waals surface area (Å²) in [6, 6.07) is 5.25. The number of hydrogen-bond donors (Lipinski definition) is 2. The first-order valence-electron chi connectivity index (χ1n) is 7.10. The lowest BCUT2D eigenvalue weighted by molar-refractivity contribution is -0.120. The van der Waals surface area contributed by atoms with Crippen LogP contribution in [-0.2, 0) is 21.1 Å². The summed E-state index contributed by atoms with van der Waals surface area (Å²) in [6.45, 7) is 1.91. The molecule has 1 aliphatic rings. The van der Waals surface area contributed by atoms with Gasteiger partial charge in [0.05, 0.1) is 17.9 Å². The van der Waals surface area contributed by atoms with Crippen LogP contribution in [0.4, 0.5) is 0 Å². The second-order valence-electron chi connectivity index (χ2n) is 5.76. The lowest BCUT2D eigenvalue weighted by Crippen LogP contribution is -2.36. The van der Waals surface area contributed by atoms with Gasteiger partial charge in [0.25, 0.3) is 0 Å². The molecule has 5 nitrogen and oxygen atoms in total. The molecule has 1 saturated heterocycles. The van der Waals surface area contributed by atoms with E-state index in [1.54, 1.807) is 6.07 Å². The largest absolute Gasteiger partial charge is 0.358 e. The van der Waals surface area contributed by atoms with E-state index in [1.165, 1.54) is 0 Å². The number of H-pyrrole nitrogens is 1. The quantitative estimate of drug-likeness (QED) is 0.896. The molecule has 1 aliphatic heterocycles. The maximum Gasteiger partial charge on any atom is 0.224 e. The molecule has 7 heteroatoms. The van der Waals surface area contributed by atoms with Crippen LogP contribution >= 0.6 is 11.6 Å². The molecule has 1 atom stereocenters. The summed E-state index contributed by atoms with van der Waals surface area (Å²) in [5.41, 5.74) is 2.76. The molecule has 1 aromatic heterocycles. The van der Waals surface area contributed by atoms with Crippen LogP contribution in [0.25, 0.3) is 10.9 Å². The number of hydrogen-bond acceptors (Lipinski definition) is 3. The molecule has 0 aliphatic carbocycles. The zero-order chi connectivity index (χ0) is 15.9. The van der Waals surface area contributed by atoms with Crippen molar-refractivity contribution in [2.45, 2.75) is 25.8 Å². The van der Waals surface area contributed by atoms with Crippen molar-refractivity contribution in [1.29, 1.82) is 0 Å². The number of aromatic nitrogens is 1. The van der Waals surface area contributed by atoms with Crippen LogP contribution in [0.3, 0.4) is 0 Å². The summed E-state index contributed by atoms with van der Waals surface area (Å²) < 4.78 is 22.9. The van der Waals surface area contributed by atoms with Gasteiger partial charge in [-0.15, -0.1) is 0 Å². The van der Waals surface area contributed by atoms with Crippen molar-refractivity contribution < 1.29 is 13.2 Å². The van der Waals surface area contributed by atoms with E-state index in [4.69, 9.17) is 11.6 Å². The number of amides is 1. The molecule has 0 radical (unpaired) electrons. The summed E-state index contributed by atoms with van der Waals surface area (Å²) in [7, 11) is -2.99. The van der Waals surface area contributed by atoms with Gasteiger partial charge in [-0.1, -0.05) is 11.6 Å². The van der Waals surface area contributed by atoms with Crippen LogP contribution in [0.15, 0.2) is 18.2 Å². The SMILES string of the molecule is Cc1[nH]c2ccc(Cl)cc2c1CC(=O)NC1CCS(=O)(=O)C1. The first-order valence-corrected chi connectivity index (χ1v) is 9.30. The Bertz CT molecular complexity index is 842. The summed E-state index contributed by atoms with van der Waals surface area (Å²) in [6.07, 6.45) is 0.704. The van der Waals surface area contributed by atoms with Crippen molar-refractivity contribution >= 4 is 38.2 Å². The molecule has 22 heavy (non-hydrogen) atoms. The van der Waals surface area contributed by atoms with Crippen molar-refractivity contribution in [3.63, 3.8) is 0 Å². The van der Waals surface area contributed by atoms with Crippen molar-refractivity contribution in [2.75, 3.05) is 11.5 Å². The fraction of sp³-hybridized carbons (Fsp3) is 0.400. The Morgan fingerprint density at radius 1 is 1.45 bits per heavy atom. The molecule has 1 aromatic carbocycles. The Kier molecular flexibility index (Phi) is 3.91. The lowest BCUT2D eigenvalue weighted by atomic mass is 10.1. The van der Waals surface area contributed by atoms with Crippen molar-refractivity contribution in [3.8, 4) is 0 Å². The summed E-state index contributed by atoms with van der Waals surface area (Å²) >= 11 is 6.02. The molecule has 1 unspecified atom stereocenters. The molecule has 2 heterocycles. The fourth-order valence-corrected chi connectivity index (χ4v) is 4.78. The second kappa shape index (κ2) is 5.59. The van der Waals surface area contributed by atoms with Crippen molar-refractivity contribution in [2.24, 2.45) is 0 Å². The highest BCUT2D eigenvalue weighted by atomic mass is 35.5. The predicted octanol–water partition coefficient (Wildman–Crippen LogP) is 1.98. The van der Waals surface area contributed by atoms with Crippen LogP contribution in [0, 0.1) is 6.92 Å². The number of carbonyl (C=O) groups excluding carboxylic acids is 1.